The van der Waals surface area contributed by atoms with E-state index in [1.54, 1.807) is 12.5 Å². The minimum absolute atomic E-state index is 0.140. The predicted octanol–water partition coefficient (Wildman–Crippen LogP) is 11.9. The molecule has 0 aromatic heterocycles. The number of unbranched alkanes of at least 4 members (excludes halogenated alkanes) is 4. The summed E-state index contributed by atoms with van der Waals surface area (Å²) in [7, 11) is 0. The molecule has 3 heteroatoms. The number of fused-ring (bicyclic) bond motifs is 1. The average molecular weight is 613 g/mol. The van der Waals surface area contributed by atoms with Crippen LogP contribution in [0.3, 0.4) is 0 Å². The maximum absolute atomic E-state index is 12.0. The monoisotopic (exact) mass is 613 g/mol. The van der Waals surface area contributed by atoms with E-state index in [0.29, 0.717) is 51.3 Å². The third kappa shape index (κ3) is 10.4. The molecule has 44 heavy (non-hydrogen) atoms. The number of hydrogen-bond acceptors (Lipinski definition) is 3. The number of allylic oxidation sites excluding steroid dienone is 2. The smallest absolute Gasteiger partial charge is 0.136 e. The highest BCUT2D eigenvalue weighted by atomic mass is 16.1. The lowest BCUT2D eigenvalue weighted by molar-refractivity contribution is -0.128. The summed E-state index contributed by atoms with van der Waals surface area (Å²) in [6.07, 6.45) is 21.8. The van der Waals surface area contributed by atoms with Crippen LogP contribution in [0, 0.1) is 45.3 Å². The normalized spacial score (nSPS) is 29.9. The van der Waals surface area contributed by atoms with E-state index in [1.165, 1.54) is 57.8 Å². The van der Waals surface area contributed by atoms with Crippen molar-refractivity contribution in [1.82, 2.24) is 0 Å². The van der Waals surface area contributed by atoms with E-state index in [0.717, 1.165) is 57.3 Å². The van der Waals surface area contributed by atoms with Gasteiger partial charge in [0.1, 0.15) is 17.3 Å². The first-order valence-corrected chi connectivity index (χ1v) is 18.7. The summed E-state index contributed by atoms with van der Waals surface area (Å²) < 4.78 is 0. The zero-order chi connectivity index (χ0) is 33.3. The molecule has 254 valence electrons. The molecule has 4 rings (SSSR count). The fourth-order valence-electron chi connectivity index (χ4n) is 8.51. The van der Waals surface area contributed by atoms with Crippen LogP contribution >= 0.6 is 0 Å². The van der Waals surface area contributed by atoms with Gasteiger partial charge in [-0.25, -0.2) is 0 Å². The Kier molecular flexibility index (Phi) is 14.6. The van der Waals surface area contributed by atoms with E-state index >= 15 is 0 Å². The van der Waals surface area contributed by atoms with Gasteiger partial charge in [-0.2, -0.15) is 0 Å². The molecule has 0 spiro atoms. The van der Waals surface area contributed by atoms with Crippen LogP contribution in [0.15, 0.2) is 11.6 Å². The van der Waals surface area contributed by atoms with Crippen LogP contribution in [-0.2, 0) is 14.4 Å². The van der Waals surface area contributed by atoms with Crippen molar-refractivity contribution in [2.75, 3.05) is 0 Å². The van der Waals surface area contributed by atoms with Crippen molar-refractivity contribution in [3.8, 4) is 0 Å². The molecule has 4 atom stereocenters. The first-order valence-electron chi connectivity index (χ1n) is 18.7. The summed E-state index contributed by atoms with van der Waals surface area (Å²) in [5.41, 5.74) is 2.53. The number of carbonyl (C=O) groups excluding carboxylic acids is 3. The molecule has 0 radical (unpaired) electrons. The molecular formula is C41H72O3. The van der Waals surface area contributed by atoms with Gasteiger partial charge in [-0.05, 0) is 92.3 Å². The number of Topliss-reactive ketones (excluding diaryl/α,β-unsaturated/α-hetero) is 3. The highest BCUT2D eigenvalue weighted by molar-refractivity contribution is 5.83. The summed E-state index contributed by atoms with van der Waals surface area (Å²) in [4.78, 5) is 34.3. The molecule has 0 N–H and O–H groups in total. The summed E-state index contributed by atoms with van der Waals surface area (Å²) >= 11 is 0. The lowest BCUT2D eigenvalue weighted by Gasteiger charge is -2.56. The second kappa shape index (κ2) is 16.5. The van der Waals surface area contributed by atoms with Gasteiger partial charge in [-0.15, -0.1) is 0 Å². The maximum atomic E-state index is 12.0. The third-order valence-corrected chi connectivity index (χ3v) is 13.1. The fraction of sp³-hybridized carbons (Fsp3) is 0.878. The van der Waals surface area contributed by atoms with Crippen molar-refractivity contribution in [2.45, 2.75) is 185 Å². The Morgan fingerprint density at radius 2 is 1.50 bits per heavy atom. The van der Waals surface area contributed by atoms with E-state index in [2.05, 4.69) is 75.3 Å². The second-order valence-electron chi connectivity index (χ2n) is 17.5. The minimum atomic E-state index is -0.140. The van der Waals surface area contributed by atoms with Gasteiger partial charge in [0.05, 0.1) is 0 Å². The van der Waals surface area contributed by atoms with Gasteiger partial charge in [0.25, 0.3) is 0 Å². The molecule has 0 amide bonds. The Bertz CT molecular complexity index is 972. The lowest BCUT2D eigenvalue weighted by Crippen LogP contribution is -2.48. The van der Waals surface area contributed by atoms with Crippen LogP contribution in [-0.4, -0.2) is 17.3 Å². The standard InChI is InChI=1S/C18H30O.C12H22O.C11H20O/c1-12-10-16(3,4)14-8-9-18(7,13(2)19)11-15(14)17(12,5)6;1-2-3-4-5-6-8-11-9-7-10-12(11)13;1-4-11(2,3)9-5-7-10(12)8-6-9/h8,12,15H,9-11H2,1-7H3;11H,2-10H2,1H3;9H,4-8H2,1-3H3. The molecule has 3 saturated carbocycles. The first kappa shape index (κ1) is 38.9. The molecule has 3 nitrogen and oxygen atoms in total. The van der Waals surface area contributed by atoms with Crippen molar-refractivity contribution in [3.63, 3.8) is 0 Å². The molecule has 0 saturated heterocycles. The number of rotatable bonds is 9. The minimum Gasteiger partial charge on any atom is -0.300 e. The fourth-order valence-corrected chi connectivity index (χ4v) is 8.51. The molecular weight excluding hydrogens is 540 g/mol. The molecule has 3 fully saturated rings. The maximum Gasteiger partial charge on any atom is 0.136 e. The van der Waals surface area contributed by atoms with Gasteiger partial charge in [-0.3, -0.25) is 14.4 Å². The van der Waals surface area contributed by atoms with Crippen LogP contribution < -0.4 is 0 Å². The zero-order valence-corrected chi connectivity index (χ0v) is 31.1. The molecule has 0 bridgehead atoms. The summed E-state index contributed by atoms with van der Waals surface area (Å²) in [5, 5.41) is 0. The van der Waals surface area contributed by atoms with Crippen LogP contribution in [0.1, 0.15) is 185 Å². The number of hydrogen-bond donors (Lipinski definition) is 0. The van der Waals surface area contributed by atoms with Gasteiger partial charge in [0.15, 0.2) is 0 Å². The summed E-state index contributed by atoms with van der Waals surface area (Å²) in [6, 6.07) is 0. The van der Waals surface area contributed by atoms with Gasteiger partial charge in [0.2, 0.25) is 0 Å². The van der Waals surface area contributed by atoms with Crippen LogP contribution in [0.25, 0.3) is 0 Å². The van der Waals surface area contributed by atoms with Crippen LogP contribution in [0.4, 0.5) is 0 Å². The molecule has 0 aromatic rings. The average Bonchev–Trinajstić information content (AvgIpc) is 3.37. The van der Waals surface area contributed by atoms with E-state index in [1.807, 2.05) is 0 Å². The molecule has 4 aliphatic rings. The SMILES string of the molecule is CC(=O)C1(C)CC=C2C(C1)C(C)(C)C(C)CC2(C)C.CCC(C)(C)C1CCC(=O)CC1.CCCCCCCC1CCCC1=O. The highest BCUT2D eigenvalue weighted by Crippen LogP contribution is 2.60. The van der Waals surface area contributed by atoms with E-state index in [4.69, 9.17) is 0 Å². The van der Waals surface area contributed by atoms with Crippen molar-refractivity contribution < 1.29 is 14.4 Å². The molecule has 0 heterocycles. The molecule has 4 unspecified atom stereocenters. The predicted molar refractivity (Wildman–Crippen MR) is 188 cm³/mol. The van der Waals surface area contributed by atoms with Crippen LogP contribution in [0.5, 0.6) is 0 Å². The molecule has 0 aromatic carbocycles. The zero-order valence-electron chi connectivity index (χ0n) is 31.1. The quantitative estimate of drug-likeness (QED) is 0.192. The Hall–Kier alpha value is -1.25. The van der Waals surface area contributed by atoms with Gasteiger partial charge in [0, 0.05) is 30.6 Å². The van der Waals surface area contributed by atoms with E-state index in [-0.39, 0.29) is 5.41 Å². The van der Waals surface area contributed by atoms with Gasteiger partial charge < -0.3 is 0 Å². The Labute approximate surface area is 273 Å². The number of carbonyl (C=O) groups is 3. The van der Waals surface area contributed by atoms with Crippen molar-refractivity contribution in [2.24, 2.45) is 45.3 Å². The van der Waals surface area contributed by atoms with Gasteiger partial charge in [-0.1, -0.05) is 119 Å². The number of ketones is 3. The Morgan fingerprint density at radius 3 is 2.02 bits per heavy atom. The Morgan fingerprint density at radius 1 is 0.886 bits per heavy atom. The molecule has 4 aliphatic carbocycles. The first-order chi connectivity index (χ1) is 20.4. The third-order valence-electron chi connectivity index (χ3n) is 13.1. The summed E-state index contributed by atoms with van der Waals surface area (Å²) in [6.45, 7) is 25.0. The highest BCUT2D eigenvalue weighted by Gasteiger charge is 2.52. The van der Waals surface area contributed by atoms with E-state index < -0.39 is 0 Å². The summed E-state index contributed by atoms with van der Waals surface area (Å²) in [5.74, 6) is 3.86. The van der Waals surface area contributed by atoms with Gasteiger partial charge >= 0.3 is 0 Å². The Balaban J connectivity index is 0.000000239. The lowest BCUT2D eigenvalue weighted by atomic mass is 9.48. The van der Waals surface area contributed by atoms with E-state index in [9.17, 15) is 14.4 Å². The molecule has 0 aliphatic heterocycles. The largest absolute Gasteiger partial charge is 0.300 e. The second-order valence-corrected chi connectivity index (χ2v) is 17.5. The van der Waals surface area contributed by atoms with Crippen molar-refractivity contribution in [1.29, 1.82) is 0 Å². The van der Waals surface area contributed by atoms with Crippen molar-refractivity contribution in [3.05, 3.63) is 11.6 Å². The van der Waals surface area contributed by atoms with Crippen LogP contribution in [0.2, 0.25) is 0 Å². The van der Waals surface area contributed by atoms with Crippen molar-refractivity contribution >= 4 is 17.3 Å². The topological polar surface area (TPSA) is 51.2 Å².